The van der Waals surface area contributed by atoms with Crippen LogP contribution in [0.25, 0.3) is 0 Å². The summed E-state index contributed by atoms with van der Waals surface area (Å²) >= 11 is 3.44. The molecule has 1 saturated heterocycles. The maximum absolute atomic E-state index is 13.7. The van der Waals surface area contributed by atoms with Crippen LogP contribution < -0.4 is 15.3 Å². The molecule has 1 aliphatic rings. The van der Waals surface area contributed by atoms with Crippen LogP contribution in [0, 0.1) is 0 Å². The molecule has 3 aromatic rings. The minimum Gasteiger partial charge on any atom is -0.365 e. The van der Waals surface area contributed by atoms with Gasteiger partial charge in [0.2, 0.25) is 0 Å². The van der Waals surface area contributed by atoms with E-state index < -0.39 is 11.8 Å². The zero-order valence-corrected chi connectivity index (χ0v) is 18.5. The van der Waals surface area contributed by atoms with E-state index in [1.54, 1.807) is 29.2 Å². The summed E-state index contributed by atoms with van der Waals surface area (Å²) in [5, 5.41) is 12.1. The first-order valence-electron chi connectivity index (χ1n) is 9.92. The number of urea groups is 1. The summed E-state index contributed by atoms with van der Waals surface area (Å²) in [5.41, 5.74) is 2.17. The second-order valence-electron chi connectivity index (χ2n) is 7.51. The molecule has 0 aromatic heterocycles. The van der Waals surface area contributed by atoms with E-state index in [2.05, 4.69) is 22.9 Å². The summed E-state index contributed by atoms with van der Waals surface area (Å²) in [6.45, 7) is 3.94. The van der Waals surface area contributed by atoms with Gasteiger partial charge in [-0.3, -0.25) is 9.80 Å². The molecular weight excluding hydrogens is 439 g/mol. The molecular formula is C24H22BBrN2O2. The van der Waals surface area contributed by atoms with Crippen LogP contribution >= 0.6 is 15.9 Å². The molecule has 0 aliphatic carbocycles. The number of halogens is 1. The highest BCUT2D eigenvalue weighted by molar-refractivity contribution is 9.10. The Kier molecular flexibility index (Phi) is 5.47. The van der Waals surface area contributed by atoms with Gasteiger partial charge in [0.05, 0.1) is 6.04 Å². The zero-order chi connectivity index (χ0) is 21.5. The Labute approximate surface area is 186 Å². The number of carbonyl (C=O) groups is 1. The number of benzene rings is 3. The van der Waals surface area contributed by atoms with Crippen LogP contribution in [-0.2, 0) is 12.1 Å². The smallest absolute Gasteiger partial charge is 0.332 e. The monoisotopic (exact) mass is 460 g/mol. The molecule has 0 spiro atoms. The van der Waals surface area contributed by atoms with Gasteiger partial charge in [0.15, 0.2) is 5.72 Å². The van der Waals surface area contributed by atoms with Crippen molar-refractivity contribution in [2.24, 2.45) is 0 Å². The third kappa shape index (κ3) is 3.34. The number of anilines is 2. The van der Waals surface area contributed by atoms with Crippen LogP contribution in [0.1, 0.15) is 25.0 Å². The lowest BCUT2D eigenvalue weighted by atomic mass is 9.92. The first-order valence-corrected chi connectivity index (χ1v) is 10.7. The number of hydrogen-bond acceptors (Lipinski definition) is 2. The van der Waals surface area contributed by atoms with Gasteiger partial charge in [-0.25, -0.2) is 4.79 Å². The molecule has 2 atom stereocenters. The minimum absolute atomic E-state index is 0.293. The van der Waals surface area contributed by atoms with Gasteiger partial charge < -0.3 is 5.11 Å². The number of aryl methyl sites for hydroxylation is 1. The number of amides is 2. The average Bonchev–Trinajstić information content (AvgIpc) is 2.96. The standard InChI is InChI=1S/C24H22BBrN2O2/c1-3-17-5-4-6-18(15-17)24(30)16(2)27(21-11-7-19(25)8-12-21)23(29)28(24)22-13-9-20(26)10-14-22/h4-16,30H,3H2,1-2H3/t16-,24?/m1/s1. The van der Waals surface area contributed by atoms with Crippen LogP contribution in [0.15, 0.2) is 77.3 Å². The fraction of sp³-hybridized carbons (Fsp3) is 0.208. The van der Waals surface area contributed by atoms with Crippen molar-refractivity contribution < 1.29 is 9.90 Å². The van der Waals surface area contributed by atoms with Gasteiger partial charge in [-0.1, -0.05) is 64.7 Å². The van der Waals surface area contributed by atoms with E-state index in [1.165, 1.54) is 4.90 Å². The Morgan fingerprint density at radius 3 is 2.30 bits per heavy atom. The van der Waals surface area contributed by atoms with E-state index in [0.29, 0.717) is 22.4 Å². The van der Waals surface area contributed by atoms with Crippen molar-refractivity contribution in [1.82, 2.24) is 0 Å². The van der Waals surface area contributed by atoms with E-state index >= 15 is 0 Å². The second-order valence-corrected chi connectivity index (χ2v) is 8.43. The maximum atomic E-state index is 13.7. The van der Waals surface area contributed by atoms with Crippen LogP contribution in [0.5, 0.6) is 0 Å². The predicted molar refractivity (Wildman–Crippen MR) is 126 cm³/mol. The van der Waals surface area contributed by atoms with Crippen molar-refractivity contribution in [2.45, 2.75) is 32.0 Å². The zero-order valence-electron chi connectivity index (χ0n) is 16.9. The van der Waals surface area contributed by atoms with Crippen molar-refractivity contribution in [3.05, 3.63) is 88.4 Å². The van der Waals surface area contributed by atoms with Crippen molar-refractivity contribution >= 4 is 46.6 Å². The lowest BCUT2D eigenvalue weighted by molar-refractivity contribution is 0.0371. The SMILES string of the molecule is [B]c1ccc(N2C(=O)N(c3ccc(Br)cc3)C(O)(c3cccc(CC)c3)[C@H]2C)cc1. The van der Waals surface area contributed by atoms with Crippen molar-refractivity contribution in [2.75, 3.05) is 9.80 Å². The Hall–Kier alpha value is -2.57. The van der Waals surface area contributed by atoms with Crippen molar-refractivity contribution in [1.29, 1.82) is 0 Å². The number of nitrogens with zero attached hydrogens (tertiary/aromatic N) is 2. The lowest BCUT2D eigenvalue weighted by Crippen LogP contribution is -2.48. The average molecular weight is 461 g/mol. The number of aliphatic hydroxyl groups is 1. The molecule has 1 unspecified atom stereocenters. The predicted octanol–water partition coefficient (Wildman–Crippen LogP) is 4.49. The molecule has 1 N–H and O–H groups in total. The summed E-state index contributed by atoms with van der Waals surface area (Å²) < 4.78 is 0.901. The Balaban J connectivity index is 1.90. The summed E-state index contributed by atoms with van der Waals surface area (Å²) in [4.78, 5) is 16.8. The molecule has 6 heteroatoms. The molecule has 0 bridgehead atoms. The van der Waals surface area contributed by atoms with Gasteiger partial charge in [0.25, 0.3) is 0 Å². The molecule has 3 aromatic carbocycles. The van der Waals surface area contributed by atoms with Gasteiger partial charge >= 0.3 is 6.03 Å². The van der Waals surface area contributed by atoms with Crippen LogP contribution in [0.3, 0.4) is 0 Å². The molecule has 0 saturated carbocycles. The fourth-order valence-electron chi connectivity index (χ4n) is 4.04. The van der Waals surface area contributed by atoms with Gasteiger partial charge in [0.1, 0.15) is 7.85 Å². The first-order chi connectivity index (χ1) is 14.4. The Morgan fingerprint density at radius 2 is 1.67 bits per heavy atom. The van der Waals surface area contributed by atoms with E-state index in [4.69, 9.17) is 7.85 Å². The second kappa shape index (κ2) is 7.93. The molecule has 1 aliphatic heterocycles. The number of rotatable bonds is 4. The largest absolute Gasteiger partial charge is 0.365 e. The lowest BCUT2D eigenvalue weighted by Gasteiger charge is -2.36. The topological polar surface area (TPSA) is 43.8 Å². The van der Waals surface area contributed by atoms with Gasteiger partial charge in [-0.05, 0) is 55.3 Å². The highest BCUT2D eigenvalue weighted by Gasteiger charge is 2.56. The highest BCUT2D eigenvalue weighted by Crippen LogP contribution is 2.44. The number of hydrogen-bond donors (Lipinski definition) is 1. The quantitative estimate of drug-likeness (QED) is 0.583. The molecule has 2 radical (unpaired) electrons. The summed E-state index contributed by atoms with van der Waals surface area (Å²) in [6.07, 6.45) is 0.839. The van der Waals surface area contributed by atoms with Crippen LogP contribution in [0.2, 0.25) is 0 Å². The Morgan fingerprint density at radius 1 is 1.03 bits per heavy atom. The summed E-state index contributed by atoms with van der Waals surface area (Å²) in [6, 6.07) is 21.5. The molecule has 1 fully saturated rings. The van der Waals surface area contributed by atoms with Crippen LogP contribution in [0.4, 0.5) is 16.2 Å². The normalized spacial score (nSPS) is 21.3. The third-order valence-corrected chi connectivity index (χ3v) is 6.25. The molecule has 4 nitrogen and oxygen atoms in total. The van der Waals surface area contributed by atoms with Gasteiger partial charge in [-0.15, -0.1) is 0 Å². The molecule has 30 heavy (non-hydrogen) atoms. The number of carbonyl (C=O) groups excluding carboxylic acids is 1. The van der Waals surface area contributed by atoms with Gasteiger partial charge in [-0.2, -0.15) is 0 Å². The van der Waals surface area contributed by atoms with E-state index in [1.807, 2.05) is 55.5 Å². The molecule has 4 rings (SSSR count). The summed E-state index contributed by atoms with van der Waals surface area (Å²) in [7, 11) is 5.84. The van der Waals surface area contributed by atoms with E-state index in [0.717, 1.165) is 16.5 Å². The highest BCUT2D eigenvalue weighted by atomic mass is 79.9. The molecule has 2 amide bonds. The van der Waals surface area contributed by atoms with E-state index in [-0.39, 0.29) is 6.03 Å². The fourth-order valence-corrected chi connectivity index (χ4v) is 4.31. The molecule has 150 valence electrons. The molecule has 1 heterocycles. The van der Waals surface area contributed by atoms with Crippen molar-refractivity contribution in [3.8, 4) is 0 Å². The maximum Gasteiger partial charge on any atom is 0.332 e. The van der Waals surface area contributed by atoms with Crippen molar-refractivity contribution in [3.63, 3.8) is 0 Å². The summed E-state index contributed by atoms with van der Waals surface area (Å²) in [5.74, 6) is 0. The van der Waals surface area contributed by atoms with Crippen LogP contribution in [-0.4, -0.2) is 25.0 Å². The van der Waals surface area contributed by atoms with E-state index in [9.17, 15) is 9.90 Å². The Bertz CT molecular complexity index is 1070. The third-order valence-electron chi connectivity index (χ3n) is 5.72. The van der Waals surface area contributed by atoms with Gasteiger partial charge in [0, 0.05) is 21.4 Å². The first kappa shape index (κ1) is 20.7. The minimum atomic E-state index is -1.54.